The van der Waals surface area contributed by atoms with Gasteiger partial charge in [0.15, 0.2) is 5.69 Å². The molecule has 0 fully saturated rings. The van der Waals surface area contributed by atoms with E-state index >= 15 is 0 Å². The van der Waals surface area contributed by atoms with Crippen molar-refractivity contribution in [3.8, 4) is 11.4 Å². The van der Waals surface area contributed by atoms with Gasteiger partial charge in [0.2, 0.25) is 0 Å². The lowest BCUT2D eigenvalue weighted by Crippen LogP contribution is -2.38. The number of hydrogen-bond donors (Lipinski definition) is 1. The molecular weight excluding hydrogens is 383 g/mol. The Bertz CT molecular complexity index is 967. The van der Waals surface area contributed by atoms with Crippen molar-refractivity contribution >= 4 is 5.91 Å². The summed E-state index contributed by atoms with van der Waals surface area (Å²) in [4.78, 5) is 15.0. The van der Waals surface area contributed by atoms with Crippen LogP contribution in [0.4, 0.5) is 4.39 Å². The fourth-order valence-corrected chi connectivity index (χ4v) is 3.43. The Hall–Kier alpha value is -3.19. The van der Waals surface area contributed by atoms with Gasteiger partial charge in [-0.1, -0.05) is 26.0 Å². The Morgan fingerprint density at radius 2 is 1.90 bits per heavy atom. The van der Waals surface area contributed by atoms with Gasteiger partial charge in [-0.15, -0.1) is 0 Å². The highest BCUT2D eigenvalue weighted by atomic mass is 19.1. The van der Waals surface area contributed by atoms with Crippen LogP contribution in [0, 0.1) is 5.82 Å². The second kappa shape index (κ2) is 10.0. The van der Waals surface area contributed by atoms with Gasteiger partial charge >= 0.3 is 0 Å². The van der Waals surface area contributed by atoms with Crippen LogP contribution in [0.5, 0.6) is 5.75 Å². The number of nitrogens with one attached hydrogen (secondary N) is 1. The van der Waals surface area contributed by atoms with Crippen LogP contribution in [-0.4, -0.2) is 47.3 Å². The molecule has 1 unspecified atom stereocenters. The lowest BCUT2D eigenvalue weighted by molar-refractivity contribution is 0.0929. The van der Waals surface area contributed by atoms with Crippen LogP contribution in [0.15, 0.2) is 60.8 Å². The minimum Gasteiger partial charge on any atom is -0.497 e. The fourth-order valence-electron chi connectivity index (χ4n) is 3.43. The molecule has 2 aromatic carbocycles. The second-order valence-corrected chi connectivity index (χ2v) is 6.85. The molecule has 1 heterocycles. The third-order valence-corrected chi connectivity index (χ3v) is 5.10. The molecule has 7 heteroatoms. The monoisotopic (exact) mass is 410 g/mol. The highest BCUT2D eigenvalue weighted by Gasteiger charge is 2.20. The maximum Gasteiger partial charge on any atom is 0.271 e. The van der Waals surface area contributed by atoms with Gasteiger partial charge in [0, 0.05) is 12.7 Å². The first-order valence-corrected chi connectivity index (χ1v) is 10.0. The van der Waals surface area contributed by atoms with Gasteiger partial charge in [-0.3, -0.25) is 9.69 Å². The molecule has 0 bridgehead atoms. The molecule has 3 aromatic rings. The third-order valence-electron chi connectivity index (χ3n) is 5.10. The molecule has 1 N–H and O–H groups in total. The standard InChI is InChI=1S/C23H27FN4O2/c1-4-27(5-2)22(17-7-6-8-20(15-17)30-3)16-25-23(29)21-13-14-28(26-21)19-11-9-18(24)10-12-19/h6-15,22H,4-5,16H2,1-3H3,(H,25,29). The van der Waals surface area contributed by atoms with Crippen molar-refractivity contribution in [2.45, 2.75) is 19.9 Å². The largest absolute Gasteiger partial charge is 0.497 e. The molecule has 3 rings (SSSR count). The molecule has 0 aliphatic carbocycles. The van der Waals surface area contributed by atoms with Crippen LogP contribution >= 0.6 is 0 Å². The Morgan fingerprint density at radius 1 is 1.17 bits per heavy atom. The zero-order valence-corrected chi connectivity index (χ0v) is 17.5. The summed E-state index contributed by atoms with van der Waals surface area (Å²) in [5.41, 5.74) is 2.08. The maximum atomic E-state index is 13.1. The highest BCUT2D eigenvalue weighted by Crippen LogP contribution is 2.24. The summed E-state index contributed by atoms with van der Waals surface area (Å²) in [6, 6.07) is 15.5. The molecule has 0 radical (unpaired) electrons. The van der Waals surface area contributed by atoms with Crippen molar-refractivity contribution in [2.75, 3.05) is 26.7 Å². The smallest absolute Gasteiger partial charge is 0.271 e. The minimum absolute atomic E-state index is 0.0123. The summed E-state index contributed by atoms with van der Waals surface area (Å²) < 4.78 is 20.0. The van der Waals surface area contributed by atoms with Crippen LogP contribution in [0.3, 0.4) is 0 Å². The molecule has 0 saturated carbocycles. The number of nitrogens with zero attached hydrogens (tertiary/aromatic N) is 3. The zero-order valence-electron chi connectivity index (χ0n) is 17.5. The first-order chi connectivity index (χ1) is 14.5. The molecule has 6 nitrogen and oxygen atoms in total. The molecule has 1 amide bonds. The highest BCUT2D eigenvalue weighted by molar-refractivity contribution is 5.92. The van der Waals surface area contributed by atoms with Crippen LogP contribution in [0.25, 0.3) is 5.69 Å². The third kappa shape index (κ3) is 5.04. The van der Waals surface area contributed by atoms with E-state index in [0.29, 0.717) is 17.9 Å². The topological polar surface area (TPSA) is 59.4 Å². The van der Waals surface area contributed by atoms with Crippen molar-refractivity contribution in [2.24, 2.45) is 0 Å². The van der Waals surface area contributed by atoms with Crippen LogP contribution in [0.2, 0.25) is 0 Å². The lowest BCUT2D eigenvalue weighted by Gasteiger charge is -2.30. The predicted octanol–water partition coefficient (Wildman–Crippen LogP) is 3.83. The van der Waals surface area contributed by atoms with Crippen molar-refractivity contribution in [3.05, 3.63) is 77.9 Å². The quantitative estimate of drug-likeness (QED) is 0.582. The molecule has 1 atom stereocenters. The normalized spacial score (nSPS) is 12.0. The number of hydrogen-bond acceptors (Lipinski definition) is 4. The Balaban J connectivity index is 1.73. The van der Waals surface area contributed by atoms with Crippen LogP contribution < -0.4 is 10.1 Å². The molecule has 158 valence electrons. The van der Waals surface area contributed by atoms with Gasteiger partial charge in [-0.05, 0) is 61.1 Å². The van der Waals surface area contributed by atoms with E-state index in [0.717, 1.165) is 24.4 Å². The number of likely N-dealkylation sites (N-methyl/N-ethyl adjacent to an activating group) is 1. The Morgan fingerprint density at radius 3 is 2.57 bits per heavy atom. The van der Waals surface area contributed by atoms with Gasteiger partial charge in [0.1, 0.15) is 11.6 Å². The number of methoxy groups -OCH3 is 1. The molecule has 0 aliphatic heterocycles. The predicted molar refractivity (Wildman–Crippen MR) is 115 cm³/mol. The molecule has 0 saturated heterocycles. The van der Waals surface area contributed by atoms with Gasteiger partial charge in [0.25, 0.3) is 5.91 Å². The van der Waals surface area contributed by atoms with E-state index in [1.165, 1.54) is 12.1 Å². The summed E-state index contributed by atoms with van der Waals surface area (Å²) in [5.74, 6) is 0.216. The number of carbonyl (C=O) groups is 1. The Kier molecular flexibility index (Phi) is 7.19. The zero-order chi connectivity index (χ0) is 21.5. The molecule has 0 aliphatic rings. The molecule has 30 heavy (non-hydrogen) atoms. The number of benzene rings is 2. The van der Waals surface area contributed by atoms with Crippen molar-refractivity contribution in [3.63, 3.8) is 0 Å². The average Bonchev–Trinajstić information content (AvgIpc) is 3.27. The molecular formula is C23H27FN4O2. The summed E-state index contributed by atoms with van der Waals surface area (Å²) in [5, 5.41) is 7.32. The van der Waals surface area contributed by atoms with Crippen molar-refractivity contribution < 1.29 is 13.9 Å². The number of ether oxygens (including phenoxy) is 1. The number of halogens is 1. The van der Waals surface area contributed by atoms with E-state index in [-0.39, 0.29) is 17.8 Å². The van der Waals surface area contributed by atoms with Crippen LogP contribution in [-0.2, 0) is 0 Å². The van der Waals surface area contributed by atoms with E-state index in [1.807, 2.05) is 24.3 Å². The van der Waals surface area contributed by atoms with E-state index < -0.39 is 0 Å². The minimum atomic E-state index is -0.316. The summed E-state index contributed by atoms with van der Waals surface area (Å²) >= 11 is 0. The second-order valence-electron chi connectivity index (χ2n) is 6.85. The maximum absolute atomic E-state index is 13.1. The molecule has 1 aromatic heterocycles. The molecule has 0 spiro atoms. The van der Waals surface area contributed by atoms with Crippen molar-refractivity contribution in [1.29, 1.82) is 0 Å². The van der Waals surface area contributed by atoms with E-state index in [9.17, 15) is 9.18 Å². The van der Waals surface area contributed by atoms with Gasteiger partial charge in [-0.25, -0.2) is 9.07 Å². The van der Waals surface area contributed by atoms with E-state index in [4.69, 9.17) is 4.74 Å². The fraction of sp³-hybridized carbons (Fsp3) is 0.304. The summed E-state index contributed by atoms with van der Waals surface area (Å²) in [7, 11) is 1.64. The number of carbonyl (C=O) groups excluding carboxylic acids is 1. The van der Waals surface area contributed by atoms with E-state index in [2.05, 4.69) is 29.2 Å². The summed E-state index contributed by atoms with van der Waals surface area (Å²) in [6.45, 7) is 6.35. The first-order valence-electron chi connectivity index (χ1n) is 10.0. The average molecular weight is 410 g/mol. The van der Waals surface area contributed by atoms with Gasteiger partial charge in [-0.2, -0.15) is 5.10 Å². The number of rotatable bonds is 9. The van der Waals surface area contributed by atoms with E-state index in [1.54, 1.807) is 36.2 Å². The number of amides is 1. The lowest BCUT2D eigenvalue weighted by atomic mass is 10.0. The summed E-state index contributed by atoms with van der Waals surface area (Å²) in [6.07, 6.45) is 1.69. The SMILES string of the molecule is CCN(CC)C(CNC(=O)c1ccn(-c2ccc(F)cc2)n1)c1cccc(OC)c1. The van der Waals surface area contributed by atoms with Crippen LogP contribution in [0.1, 0.15) is 35.9 Å². The van der Waals surface area contributed by atoms with Gasteiger partial charge < -0.3 is 10.1 Å². The van der Waals surface area contributed by atoms with Crippen molar-refractivity contribution in [1.82, 2.24) is 20.0 Å². The van der Waals surface area contributed by atoms with Gasteiger partial charge in [0.05, 0.1) is 18.8 Å². The number of aromatic nitrogens is 2. The Labute approximate surface area is 176 Å². The first kappa shape index (κ1) is 21.5.